The number of carbonyl (C=O) groups is 1. The number of methoxy groups -OCH3 is 1. The van der Waals surface area contributed by atoms with Gasteiger partial charge in [0.25, 0.3) is 0 Å². The fourth-order valence-corrected chi connectivity index (χ4v) is 3.15. The van der Waals surface area contributed by atoms with Crippen molar-refractivity contribution in [1.29, 1.82) is 0 Å². The third-order valence-corrected chi connectivity index (χ3v) is 4.37. The van der Waals surface area contributed by atoms with E-state index in [9.17, 15) is 18.0 Å². The van der Waals surface area contributed by atoms with Crippen molar-refractivity contribution in [3.05, 3.63) is 54.1 Å². The van der Waals surface area contributed by atoms with E-state index in [4.69, 9.17) is 4.74 Å². The van der Waals surface area contributed by atoms with Crippen LogP contribution < -0.4 is 14.8 Å². The van der Waals surface area contributed by atoms with Gasteiger partial charge in [0, 0.05) is 6.54 Å². The molecule has 1 N–H and O–H groups in total. The average Bonchev–Trinajstić information content (AvgIpc) is 3.12. The molecule has 0 saturated carbocycles. The van der Waals surface area contributed by atoms with Crippen LogP contribution in [-0.4, -0.2) is 30.9 Å². The molecule has 0 bridgehead atoms. The smallest absolute Gasteiger partial charge is 0.497 e. The first-order valence-corrected chi connectivity index (χ1v) is 8.44. The lowest BCUT2D eigenvalue weighted by Gasteiger charge is -2.26. The molecule has 1 saturated heterocycles. The predicted molar refractivity (Wildman–Crippen MR) is 93.8 cm³/mol. The second kappa shape index (κ2) is 7.77. The highest BCUT2D eigenvalue weighted by Gasteiger charge is 2.33. The van der Waals surface area contributed by atoms with Gasteiger partial charge in [-0.2, -0.15) is 0 Å². The number of hydrogen-bond acceptors (Lipinski definition) is 3. The first-order chi connectivity index (χ1) is 12.9. The number of halogens is 3. The number of hydrogen-bond donors (Lipinski definition) is 1. The van der Waals surface area contributed by atoms with Crippen molar-refractivity contribution in [2.45, 2.75) is 25.2 Å². The summed E-state index contributed by atoms with van der Waals surface area (Å²) in [6, 6.07) is 12.3. The Morgan fingerprint density at radius 2 is 1.85 bits per heavy atom. The zero-order valence-corrected chi connectivity index (χ0v) is 14.6. The van der Waals surface area contributed by atoms with Gasteiger partial charge in [0.05, 0.1) is 18.8 Å². The summed E-state index contributed by atoms with van der Waals surface area (Å²) in [7, 11) is 1.57. The number of carbonyl (C=O) groups excluding carboxylic acids is 1. The Morgan fingerprint density at radius 1 is 1.15 bits per heavy atom. The van der Waals surface area contributed by atoms with E-state index in [0.29, 0.717) is 12.3 Å². The number of likely N-dealkylation sites (tertiary alicyclic amines) is 1. The monoisotopic (exact) mass is 380 g/mol. The second-order valence-corrected chi connectivity index (χ2v) is 6.10. The van der Waals surface area contributed by atoms with E-state index in [1.165, 1.54) is 18.2 Å². The van der Waals surface area contributed by atoms with E-state index >= 15 is 0 Å². The van der Waals surface area contributed by atoms with Gasteiger partial charge in [-0.15, -0.1) is 13.2 Å². The van der Waals surface area contributed by atoms with Crippen LogP contribution in [0.3, 0.4) is 0 Å². The van der Waals surface area contributed by atoms with Crippen LogP contribution in [0.1, 0.15) is 24.4 Å². The number of amides is 2. The Bertz CT molecular complexity index is 794. The Morgan fingerprint density at radius 3 is 2.52 bits per heavy atom. The molecule has 0 radical (unpaired) electrons. The molecule has 27 heavy (non-hydrogen) atoms. The van der Waals surface area contributed by atoms with E-state index in [0.717, 1.165) is 24.5 Å². The minimum atomic E-state index is -4.83. The molecule has 1 fully saturated rings. The van der Waals surface area contributed by atoms with Crippen LogP contribution in [0.15, 0.2) is 48.5 Å². The summed E-state index contributed by atoms with van der Waals surface area (Å²) in [6.45, 7) is 0.519. The molecule has 2 aromatic carbocycles. The van der Waals surface area contributed by atoms with Crippen LogP contribution in [-0.2, 0) is 0 Å². The summed E-state index contributed by atoms with van der Waals surface area (Å²) in [5.74, 6) is 0.268. The van der Waals surface area contributed by atoms with E-state index in [-0.39, 0.29) is 11.7 Å². The maximum Gasteiger partial charge on any atom is 0.573 e. The Balaban J connectivity index is 1.75. The highest BCUT2D eigenvalue weighted by atomic mass is 19.4. The number of urea groups is 1. The number of nitrogens with zero attached hydrogens (tertiary/aromatic N) is 1. The fraction of sp³-hybridized carbons (Fsp3) is 0.316. The van der Waals surface area contributed by atoms with Gasteiger partial charge in [-0.05, 0) is 42.7 Å². The van der Waals surface area contributed by atoms with Crippen LogP contribution in [0.4, 0.5) is 23.7 Å². The summed E-state index contributed by atoms with van der Waals surface area (Å²) < 4.78 is 46.8. The number of alkyl halides is 3. The maximum absolute atomic E-state index is 12.7. The van der Waals surface area contributed by atoms with Crippen LogP contribution in [0.2, 0.25) is 0 Å². The molecule has 2 amide bonds. The van der Waals surface area contributed by atoms with Crippen molar-refractivity contribution in [3.8, 4) is 11.5 Å². The quantitative estimate of drug-likeness (QED) is 0.815. The molecule has 3 rings (SSSR count). The van der Waals surface area contributed by atoms with Gasteiger partial charge in [0.2, 0.25) is 0 Å². The van der Waals surface area contributed by atoms with E-state index in [1.54, 1.807) is 12.0 Å². The van der Waals surface area contributed by atoms with Gasteiger partial charge < -0.3 is 19.7 Å². The summed E-state index contributed by atoms with van der Waals surface area (Å²) in [4.78, 5) is 14.3. The molecule has 1 aliphatic heterocycles. The number of benzene rings is 2. The van der Waals surface area contributed by atoms with Gasteiger partial charge >= 0.3 is 12.4 Å². The molecule has 144 valence electrons. The summed E-state index contributed by atoms with van der Waals surface area (Å²) in [6.07, 6.45) is -3.24. The van der Waals surface area contributed by atoms with Crippen LogP contribution in [0, 0.1) is 0 Å². The number of nitrogens with one attached hydrogen (secondary N) is 1. The molecule has 1 atom stereocenters. The zero-order valence-electron chi connectivity index (χ0n) is 14.6. The third-order valence-electron chi connectivity index (χ3n) is 4.37. The van der Waals surface area contributed by atoms with E-state index in [2.05, 4.69) is 10.1 Å². The zero-order chi connectivity index (χ0) is 19.4. The molecule has 0 aromatic heterocycles. The largest absolute Gasteiger partial charge is 0.573 e. The number of para-hydroxylation sites is 2. The second-order valence-electron chi connectivity index (χ2n) is 6.10. The van der Waals surface area contributed by atoms with Crippen molar-refractivity contribution in [2.75, 3.05) is 19.0 Å². The van der Waals surface area contributed by atoms with Crippen molar-refractivity contribution in [1.82, 2.24) is 4.90 Å². The molecular formula is C19H19F3N2O3. The van der Waals surface area contributed by atoms with Gasteiger partial charge in [-0.3, -0.25) is 0 Å². The standard InChI is InChI=1S/C19H19F3N2O3/c1-26-14-10-8-13(9-11-14)16-6-4-12-24(16)18(25)23-15-5-2-3-7-17(15)27-19(20,21)22/h2-3,5,7-11,16H,4,6,12H2,1H3,(H,23,25)/t16-/m0/s1. The first kappa shape index (κ1) is 18.9. The number of ether oxygens (including phenoxy) is 2. The van der Waals surface area contributed by atoms with E-state index < -0.39 is 18.1 Å². The van der Waals surface area contributed by atoms with Gasteiger partial charge in [0.1, 0.15) is 5.75 Å². The molecule has 1 heterocycles. The normalized spacial score (nSPS) is 16.9. The summed E-state index contributed by atoms with van der Waals surface area (Å²) in [5.41, 5.74) is 0.920. The molecular weight excluding hydrogens is 361 g/mol. The van der Waals surface area contributed by atoms with Crippen LogP contribution in [0.25, 0.3) is 0 Å². The van der Waals surface area contributed by atoms with Crippen molar-refractivity contribution in [2.24, 2.45) is 0 Å². The topological polar surface area (TPSA) is 50.8 Å². The van der Waals surface area contributed by atoms with Gasteiger partial charge in [-0.25, -0.2) is 4.79 Å². The van der Waals surface area contributed by atoms with Gasteiger partial charge in [-0.1, -0.05) is 24.3 Å². The number of rotatable bonds is 4. The Kier molecular flexibility index (Phi) is 5.43. The molecule has 0 aliphatic carbocycles. The molecule has 0 unspecified atom stereocenters. The fourth-order valence-electron chi connectivity index (χ4n) is 3.15. The lowest BCUT2D eigenvalue weighted by Crippen LogP contribution is -2.34. The molecule has 2 aromatic rings. The highest BCUT2D eigenvalue weighted by molar-refractivity contribution is 5.91. The van der Waals surface area contributed by atoms with Crippen molar-refractivity contribution in [3.63, 3.8) is 0 Å². The Hall–Kier alpha value is -2.90. The minimum absolute atomic E-state index is 0.0276. The van der Waals surface area contributed by atoms with Gasteiger partial charge in [0.15, 0.2) is 5.75 Å². The SMILES string of the molecule is COc1ccc([C@@H]2CCCN2C(=O)Nc2ccccc2OC(F)(F)F)cc1. The minimum Gasteiger partial charge on any atom is -0.497 e. The van der Waals surface area contributed by atoms with Crippen LogP contribution >= 0.6 is 0 Å². The molecule has 5 nitrogen and oxygen atoms in total. The molecule has 0 spiro atoms. The average molecular weight is 380 g/mol. The lowest BCUT2D eigenvalue weighted by atomic mass is 10.0. The summed E-state index contributed by atoms with van der Waals surface area (Å²) in [5, 5.41) is 2.53. The third kappa shape index (κ3) is 4.64. The lowest BCUT2D eigenvalue weighted by molar-refractivity contribution is -0.274. The van der Waals surface area contributed by atoms with E-state index in [1.807, 2.05) is 24.3 Å². The van der Waals surface area contributed by atoms with Crippen LogP contribution in [0.5, 0.6) is 11.5 Å². The number of anilines is 1. The molecule has 1 aliphatic rings. The predicted octanol–water partition coefficient (Wildman–Crippen LogP) is 4.96. The maximum atomic E-state index is 12.7. The molecule has 8 heteroatoms. The summed E-state index contributed by atoms with van der Waals surface area (Å²) >= 11 is 0. The van der Waals surface area contributed by atoms with Crippen molar-refractivity contribution >= 4 is 11.7 Å². The first-order valence-electron chi connectivity index (χ1n) is 8.44. The Labute approximate surface area is 154 Å². The van der Waals surface area contributed by atoms with Crippen molar-refractivity contribution < 1.29 is 27.4 Å². The highest BCUT2D eigenvalue weighted by Crippen LogP contribution is 2.35.